The van der Waals surface area contributed by atoms with Gasteiger partial charge >= 0.3 is 5.97 Å². The molecule has 0 saturated carbocycles. The lowest BCUT2D eigenvalue weighted by Gasteiger charge is -2.21. The molecule has 0 bridgehead atoms. The molecule has 26 heavy (non-hydrogen) atoms. The zero-order valence-corrected chi connectivity index (χ0v) is 15.1. The van der Waals surface area contributed by atoms with Crippen molar-refractivity contribution in [3.63, 3.8) is 0 Å². The molecule has 0 spiro atoms. The van der Waals surface area contributed by atoms with E-state index >= 15 is 0 Å². The molecule has 0 unspecified atom stereocenters. The van der Waals surface area contributed by atoms with Gasteiger partial charge in [0.1, 0.15) is 11.8 Å². The van der Waals surface area contributed by atoms with Gasteiger partial charge in [0.05, 0.1) is 14.2 Å². The van der Waals surface area contributed by atoms with Crippen molar-refractivity contribution in [2.24, 2.45) is 0 Å². The summed E-state index contributed by atoms with van der Waals surface area (Å²) in [6.07, 6.45) is -0.533. The van der Waals surface area contributed by atoms with Gasteiger partial charge in [0.15, 0.2) is 6.10 Å². The Morgan fingerprint density at radius 3 is 2.35 bits per heavy atom. The van der Waals surface area contributed by atoms with Gasteiger partial charge in [-0.15, -0.1) is 0 Å². The number of ether oxygens (including phenoxy) is 3. The summed E-state index contributed by atoms with van der Waals surface area (Å²) in [5.74, 6) is -0.252. The van der Waals surface area contributed by atoms with Gasteiger partial charge in [0, 0.05) is 13.5 Å². The Kier molecular flexibility index (Phi) is 7.17. The van der Waals surface area contributed by atoms with E-state index in [9.17, 15) is 9.59 Å². The summed E-state index contributed by atoms with van der Waals surface area (Å²) in [6.45, 7) is 0. The van der Waals surface area contributed by atoms with Crippen LogP contribution in [0, 0.1) is 0 Å². The maximum Gasteiger partial charge on any atom is 0.328 e. The van der Waals surface area contributed by atoms with Crippen molar-refractivity contribution in [2.75, 3.05) is 21.3 Å². The Bertz CT molecular complexity index is 732. The average Bonchev–Trinajstić information content (AvgIpc) is 2.68. The summed E-state index contributed by atoms with van der Waals surface area (Å²) in [5, 5.41) is 2.72. The fraction of sp³-hybridized carbons (Fsp3) is 0.300. The lowest BCUT2D eigenvalue weighted by molar-refractivity contribution is -0.146. The van der Waals surface area contributed by atoms with Crippen LogP contribution < -0.4 is 10.1 Å². The zero-order chi connectivity index (χ0) is 18.9. The highest BCUT2D eigenvalue weighted by molar-refractivity contribution is 5.87. The number of amides is 1. The predicted octanol–water partition coefficient (Wildman–Crippen LogP) is 2.28. The Labute approximate surface area is 153 Å². The van der Waals surface area contributed by atoms with Crippen LogP contribution in [0.3, 0.4) is 0 Å². The van der Waals surface area contributed by atoms with E-state index in [1.165, 1.54) is 14.2 Å². The van der Waals surface area contributed by atoms with Gasteiger partial charge in [-0.25, -0.2) is 4.79 Å². The molecule has 1 amide bonds. The van der Waals surface area contributed by atoms with E-state index in [0.717, 1.165) is 5.56 Å². The standard InChI is InChI=1S/C20H23NO5/c1-24-16-11-7-8-14(12-16)13-17(20(23)26-3)21-19(22)18(25-2)15-9-5-4-6-10-15/h4-12,17-18H,13H2,1-3H3,(H,21,22)/t17-,18+/m1/s1. The summed E-state index contributed by atoms with van der Waals surface area (Å²) in [4.78, 5) is 24.8. The normalized spacial score (nSPS) is 12.7. The Morgan fingerprint density at radius 1 is 1.00 bits per heavy atom. The third-order valence-corrected chi connectivity index (χ3v) is 3.95. The number of hydrogen-bond donors (Lipinski definition) is 1. The molecular formula is C20H23NO5. The third kappa shape index (κ3) is 5.07. The number of nitrogens with one attached hydrogen (secondary N) is 1. The minimum atomic E-state index is -0.832. The molecule has 0 aliphatic rings. The first-order chi connectivity index (χ1) is 12.6. The minimum absolute atomic E-state index is 0.279. The predicted molar refractivity (Wildman–Crippen MR) is 96.8 cm³/mol. The van der Waals surface area contributed by atoms with Crippen LogP contribution in [-0.4, -0.2) is 39.2 Å². The molecule has 2 aromatic carbocycles. The van der Waals surface area contributed by atoms with Gasteiger partial charge in [-0.3, -0.25) is 4.79 Å². The molecule has 1 N–H and O–H groups in total. The van der Waals surface area contributed by atoms with Crippen molar-refractivity contribution < 1.29 is 23.8 Å². The van der Waals surface area contributed by atoms with Crippen molar-refractivity contribution in [3.05, 3.63) is 65.7 Å². The van der Waals surface area contributed by atoms with Gasteiger partial charge < -0.3 is 19.5 Å². The summed E-state index contributed by atoms with van der Waals surface area (Å²) in [5.41, 5.74) is 1.55. The lowest BCUT2D eigenvalue weighted by Crippen LogP contribution is -2.45. The number of methoxy groups -OCH3 is 3. The SMILES string of the molecule is COC(=O)[C@@H](Cc1cccc(OC)c1)NC(=O)[C@@H](OC)c1ccccc1. The van der Waals surface area contributed by atoms with Crippen molar-refractivity contribution in [1.29, 1.82) is 0 Å². The molecule has 6 nitrogen and oxygen atoms in total. The number of benzene rings is 2. The molecule has 138 valence electrons. The van der Waals surface area contributed by atoms with Gasteiger partial charge in [-0.05, 0) is 23.3 Å². The molecular weight excluding hydrogens is 334 g/mol. The monoisotopic (exact) mass is 357 g/mol. The second kappa shape index (κ2) is 9.58. The van der Waals surface area contributed by atoms with Crippen LogP contribution in [0.15, 0.2) is 54.6 Å². The Balaban J connectivity index is 2.16. The maximum absolute atomic E-state index is 12.7. The third-order valence-electron chi connectivity index (χ3n) is 3.95. The second-order valence-corrected chi connectivity index (χ2v) is 5.67. The molecule has 0 heterocycles. The quantitative estimate of drug-likeness (QED) is 0.734. The van der Waals surface area contributed by atoms with Crippen LogP contribution >= 0.6 is 0 Å². The molecule has 6 heteroatoms. The molecule has 0 saturated heterocycles. The second-order valence-electron chi connectivity index (χ2n) is 5.67. The van der Waals surface area contributed by atoms with Gasteiger partial charge in [0.2, 0.25) is 0 Å². The number of carbonyl (C=O) groups is 2. The van der Waals surface area contributed by atoms with Crippen LogP contribution in [0.4, 0.5) is 0 Å². The van der Waals surface area contributed by atoms with E-state index < -0.39 is 24.0 Å². The van der Waals surface area contributed by atoms with E-state index in [1.54, 1.807) is 19.2 Å². The Hall–Kier alpha value is -2.86. The molecule has 2 rings (SSSR count). The zero-order valence-electron chi connectivity index (χ0n) is 15.1. The van der Waals surface area contributed by atoms with Crippen LogP contribution in [0.1, 0.15) is 17.2 Å². The van der Waals surface area contributed by atoms with Crippen LogP contribution in [0.5, 0.6) is 5.75 Å². The van der Waals surface area contributed by atoms with Crippen molar-refractivity contribution in [2.45, 2.75) is 18.6 Å². The fourth-order valence-electron chi connectivity index (χ4n) is 2.64. The lowest BCUT2D eigenvalue weighted by atomic mass is 10.0. The molecule has 0 aliphatic heterocycles. The maximum atomic E-state index is 12.7. The van der Waals surface area contributed by atoms with E-state index in [4.69, 9.17) is 14.2 Å². The largest absolute Gasteiger partial charge is 0.497 e. The first kappa shape index (κ1) is 19.5. The molecule has 0 aliphatic carbocycles. The Morgan fingerprint density at radius 2 is 1.73 bits per heavy atom. The van der Waals surface area contributed by atoms with Crippen LogP contribution in [0.25, 0.3) is 0 Å². The summed E-state index contributed by atoms with van der Waals surface area (Å²) in [6, 6.07) is 15.6. The van der Waals surface area contributed by atoms with Gasteiger partial charge in [-0.1, -0.05) is 42.5 Å². The highest BCUT2D eigenvalue weighted by atomic mass is 16.5. The minimum Gasteiger partial charge on any atom is -0.497 e. The number of esters is 1. The van der Waals surface area contributed by atoms with E-state index in [2.05, 4.69) is 5.32 Å². The topological polar surface area (TPSA) is 73.9 Å². The number of rotatable bonds is 8. The fourth-order valence-corrected chi connectivity index (χ4v) is 2.64. The highest BCUT2D eigenvalue weighted by Crippen LogP contribution is 2.18. The van der Waals surface area contributed by atoms with E-state index in [-0.39, 0.29) is 6.42 Å². The smallest absolute Gasteiger partial charge is 0.328 e. The van der Waals surface area contributed by atoms with E-state index in [0.29, 0.717) is 11.3 Å². The summed E-state index contributed by atoms with van der Waals surface area (Å²) >= 11 is 0. The summed E-state index contributed by atoms with van der Waals surface area (Å²) in [7, 11) is 4.31. The first-order valence-electron chi connectivity index (χ1n) is 8.18. The number of carbonyl (C=O) groups excluding carboxylic acids is 2. The molecule has 0 fully saturated rings. The molecule has 2 aromatic rings. The van der Waals surface area contributed by atoms with Crippen LogP contribution in [-0.2, 0) is 25.5 Å². The van der Waals surface area contributed by atoms with Crippen molar-refractivity contribution >= 4 is 11.9 Å². The molecule has 0 aromatic heterocycles. The number of hydrogen-bond acceptors (Lipinski definition) is 5. The van der Waals surface area contributed by atoms with Crippen molar-refractivity contribution in [1.82, 2.24) is 5.32 Å². The average molecular weight is 357 g/mol. The summed E-state index contributed by atoms with van der Waals surface area (Å²) < 4.78 is 15.3. The molecule has 0 radical (unpaired) electrons. The highest BCUT2D eigenvalue weighted by Gasteiger charge is 2.27. The van der Waals surface area contributed by atoms with E-state index in [1.807, 2.05) is 42.5 Å². The van der Waals surface area contributed by atoms with Crippen LogP contribution in [0.2, 0.25) is 0 Å². The molecule has 2 atom stereocenters. The van der Waals surface area contributed by atoms with Gasteiger partial charge in [0.25, 0.3) is 5.91 Å². The first-order valence-corrected chi connectivity index (χ1v) is 8.18. The van der Waals surface area contributed by atoms with Crippen molar-refractivity contribution in [3.8, 4) is 5.75 Å². The van der Waals surface area contributed by atoms with Gasteiger partial charge in [-0.2, -0.15) is 0 Å².